The molecule has 0 heterocycles. The largest absolute Gasteiger partial charge is 0.292 e. The van der Waals surface area contributed by atoms with Crippen LogP contribution in [0.15, 0.2) is 65.6 Å². The van der Waals surface area contributed by atoms with E-state index in [0.29, 0.717) is 5.56 Å². The van der Waals surface area contributed by atoms with Gasteiger partial charge < -0.3 is 0 Å². The summed E-state index contributed by atoms with van der Waals surface area (Å²) < 4.78 is 24.0. The molecule has 2 aromatic carbocycles. The van der Waals surface area contributed by atoms with Crippen molar-refractivity contribution in [2.24, 2.45) is 0 Å². The maximum atomic E-state index is 12.5. The Labute approximate surface area is 122 Å². The van der Waals surface area contributed by atoms with Crippen molar-refractivity contribution in [2.75, 3.05) is 6.26 Å². The molecule has 0 N–H and O–H groups in total. The number of benzene rings is 2. The highest BCUT2D eigenvalue weighted by Crippen LogP contribution is 2.26. The lowest BCUT2D eigenvalue weighted by molar-refractivity contribution is 0.101. The van der Waals surface area contributed by atoms with Crippen molar-refractivity contribution in [3.63, 3.8) is 0 Å². The fourth-order valence-electron chi connectivity index (χ4n) is 1.85. The number of hydrogen-bond donors (Lipinski definition) is 0. The zero-order valence-electron chi connectivity index (χ0n) is 10.9. The maximum absolute atomic E-state index is 12.5. The summed E-state index contributed by atoms with van der Waals surface area (Å²) in [5.41, 5.74) is 0.409. The first-order valence-corrected chi connectivity index (χ1v) is 8.82. The van der Waals surface area contributed by atoms with E-state index in [4.69, 9.17) is 0 Å². The molecule has 104 valence electrons. The van der Waals surface area contributed by atoms with Gasteiger partial charge in [0.2, 0.25) is 0 Å². The average molecular weight is 306 g/mol. The number of thioether (sulfide) groups is 1. The molecule has 2 aromatic rings. The summed E-state index contributed by atoms with van der Waals surface area (Å²) in [4.78, 5) is 12.6. The highest BCUT2D eigenvalue weighted by molar-refractivity contribution is 8.14. The number of carbonyl (C=O) groups is 1. The van der Waals surface area contributed by atoms with Crippen LogP contribution in [0.25, 0.3) is 0 Å². The van der Waals surface area contributed by atoms with Gasteiger partial charge in [-0.25, -0.2) is 8.42 Å². The predicted octanol–water partition coefficient (Wildman–Crippen LogP) is 3.03. The second kappa shape index (κ2) is 6.24. The molecule has 20 heavy (non-hydrogen) atoms. The van der Waals surface area contributed by atoms with Crippen LogP contribution in [0, 0.1) is 0 Å². The third-order valence-electron chi connectivity index (χ3n) is 2.84. The van der Waals surface area contributed by atoms with Gasteiger partial charge in [-0.05, 0) is 18.4 Å². The Morgan fingerprint density at radius 2 is 1.45 bits per heavy atom. The van der Waals surface area contributed by atoms with Crippen molar-refractivity contribution in [1.82, 2.24) is 0 Å². The van der Waals surface area contributed by atoms with Crippen LogP contribution in [0.2, 0.25) is 0 Å². The first-order valence-electron chi connectivity index (χ1n) is 5.98. The molecule has 0 bridgehead atoms. The third kappa shape index (κ3) is 2.94. The van der Waals surface area contributed by atoms with Crippen LogP contribution < -0.4 is 0 Å². The molecule has 3 nitrogen and oxygen atoms in total. The van der Waals surface area contributed by atoms with Gasteiger partial charge in [-0.15, -0.1) is 11.8 Å². The Morgan fingerprint density at radius 3 is 1.95 bits per heavy atom. The summed E-state index contributed by atoms with van der Waals surface area (Å²) in [7, 11) is -3.69. The molecule has 0 spiro atoms. The minimum absolute atomic E-state index is 0.170. The van der Waals surface area contributed by atoms with E-state index in [1.165, 1.54) is 12.1 Å². The molecule has 1 unspecified atom stereocenters. The highest BCUT2D eigenvalue weighted by Gasteiger charge is 2.33. The van der Waals surface area contributed by atoms with Gasteiger partial charge in [0.15, 0.2) is 20.2 Å². The number of Topliss-reactive ketones (excluding diaryl/α,β-unsaturated/α-hetero) is 1. The summed E-state index contributed by atoms with van der Waals surface area (Å²) in [5, 5.41) is 0. The Morgan fingerprint density at radius 1 is 0.950 bits per heavy atom. The summed E-state index contributed by atoms with van der Waals surface area (Å²) in [6, 6.07) is 16.6. The van der Waals surface area contributed by atoms with E-state index in [1.54, 1.807) is 54.8 Å². The number of ketones is 1. The first-order chi connectivity index (χ1) is 9.57. The van der Waals surface area contributed by atoms with Gasteiger partial charge in [-0.2, -0.15) is 0 Å². The molecule has 0 aliphatic heterocycles. The lowest BCUT2D eigenvalue weighted by Gasteiger charge is -2.14. The average Bonchev–Trinajstić information content (AvgIpc) is 2.49. The topological polar surface area (TPSA) is 51.2 Å². The molecule has 0 amide bonds. The quantitative estimate of drug-likeness (QED) is 0.797. The fourth-order valence-corrected chi connectivity index (χ4v) is 4.75. The van der Waals surface area contributed by atoms with Gasteiger partial charge >= 0.3 is 0 Å². The third-order valence-corrected chi connectivity index (χ3v) is 6.53. The Balaban J connectivity index is 2.41. The van der Waals surface area contributed by atoms with Crippen LogP contribution in [-0.2, 0) is 9.84 Å². The van der Waals surface area contributed by atoms with E-state index in [-0.39, 0.29) is 10.7 Å². The Hall–Kier alpha value is -1.59. The molecule has 0 aliphatic rings. The van der Waals surface area contributed by atoms with Gasteiger partial charge in [-0.3, -0.25) is 4.79 Å². The van der Waals surface area contributed by atoms with Gasteiger partial charge in [-0.1, -0.05) is 48.5 Å². The number of sulfone groups is 1. The van der Waals surface area contributed by atoms with Crippen molar-refractivity contribution in [1.29, 1.82) is 0 Å². The van der Waals surface area contributed by atoms with Crippen LogP contribution in [-0.4, -0.2) is 25.0 Å². The molecule has 0 aliphatic carbocycles. The zero-order valence-corrected chi connectivity index (χ0v) is 12.5. The molecule has 0 fully saturated rings. The molecule has 1 atom stereocenters. The maximum Gasteiger partial charge on any atom is 0.198 e. The predicted molar refractivity (Wildman–Crippen MR) is 81.7 cm³/mol. The molecule has 0 saturated carbocycles. The SMILES string of the molecule is CSC(C(=O)c1ccccc1)S(=O)(=O)c1ccccc1. The van der Waals surface area contributed by atoms with Gasteiger partial charge in [0.05, 0.1) is 4.90 Å². The van der Waals surface area contributed by atoms with Crippen LogP contribution in [0.1, 0.15) is 10.4 Å². The van der Waals surface area contributed by atoms with Crippen molar-refractivity contribution < 1.29 is 13.2 Å². The van der Waals surface area contributed by atoms with Crippen LogP contribution in [0.4, 0.5) is 0 Å². The van der Waals surface area contributed by atoms with Crippen molar-refractivity contribution in [3.8, 4) is 0 Å². The molecule has 0 saturated heterocycles. The van der Waals surface area contributed by atoms with E-state index in [1.807, 2.05) is 0 Å². The molecule has 0 radical (unpaired) electrons. The Kier molecular flexibility index (Phi) is 4.62. The van der Waals surface area contributed by atoms with Crippen molar-refractivity contribution in [3.05, 3.63) is 66.2 Å². The zero-order chi connectivity index (χ0) is 14.6. The van der Waals surface area contributed by atoms with E-state index >= 15 is 0 Å². The fraction of sp³-hybridized carbons (Fsp3) is 0.133. The summed E-state index contributed by atoms with van der Waals surface area (Å²) in [6.45, 7) is 0. The van der Waals surface area contributed by atoms with Crippen LogP contribution >= 0.6 is 11.8 Å². The molecular formula is C15H14O3S2. The number of hydrogen-bond acceptors (Lipinski definition) is 4. The lowest BCUT2D eigenvalue weighted by Crippen LogP contribution is -2.27. The van der Waals surface area contributed by atoms with Crippen LogP contribution in [0.5, 0.6) is 0 Å². The second-order valence-corrected chi connectivity index (χ2v) is 7.43. The summed E-state index contributed by atoms with van der Waals surface area (Å²) in [5.74, 6) is -0.387. The molecular weight excluding hydrogens is 292 g/mol. The first kappa shape index (κ1) is 14.8. The Bertz CT molecular complexity index is 680. The highest BCUT2D eigenvalue weighted by atomic mass is 32.3. The van der Waals surface area contributed by atoms with Crippen LogP contribution in [0.3, 0.4) is 0 Å². The number of carbonyl (C=O) groups excluding carboxylic acids is 1. The van der Waals surface area contributed by atoms with E-state index in [2.05, 4.69) is 0 Å². The summed E-state index contributed by atoms with van der Waals surface area (Å²) in [6.07, 6.45) is 1.63. The van der Waals surface area contributed by atoms with Gasteiger partial charge in [0.25, 0.3) is 0 Å². The normalized spacial score (nSPS) is 12.8. The molecule has 5 heteroatoms. The number of rotatable bonds is 5. The van der Waals surface area contributed by atoms with Crippen molar-refractivity contribution in [2.45, 2.75) is 9.48 Å². The van der Waals surface area contributed by atoms with Gasteiger partial charge in [0.1, 0.15) is 0 Å². The smallest absolute Gasteiger partial charge is 0.198 e. The van der Waals surface area contributed by atoms with Crippen molar-refractivity contribution >= 4 is 27.4 Å². The molecule has 0 aromatic heterocycles. The minimum Gasteiger partial charge on any atom is -0.292 e. The van der Waals surface area contributed by atoms with E-state index in [9.17, 15) is 13.2 Å². The lowest BCUT2D eigenvalue weighted by atomic mass is 10.1. The monoisotopic (exact) mass is 306 g/mol. The van der Waals surface area contributed by atoms with E-state index < -0.39 is 14.4 Å². The van der Waals surface area contributed by atoms with E-state index in [0.717, 1.165) is 11.8 Å². The summed E-state index contributed by atoms with van der Waals surface area (Å²) >= 11 is 1.04. The second-order valence-electron chi connectivity index (χ2n) is 4.16. The minimum atomic E-state index is -3.69. The van der Waals surface area contributed by atoms with Gasteiger partial charge in [0, 0.05) is 5.56 Å². The molecule has 2 rings (SSSR count). The standard InChI is InChI=1S/C15H14O3S2/c1-19-15(14(16)12-8-4-2-5-9-12)20(17,18)13-10-6-3-7-11-13/h2-11,15H,1H3.